The highest BCUT2D eigenvalue weighted by atomic mass is 79.9. The van der Waals surface area contributed by atoms with E-state index in [4.69, 9.17) is 0 Å². The first kappa shape index (κ1) is 23.3. The number of anilines is 3. The zero-order chi connectivity index (χ0) is 23.6. The van der Waals surface area contributed by atoms with Gasteiger partial charge >= 0.3 is 6.18 Å². The van der Waals surface area contributed by atoms with Crippen LogP contribution >= 0.6 is 31.9 Å². The molecule has 0 unspecified atom stereocenters. The highest BCUT2D eigenvalue weighted by Crippen LogP contribution is 2.38. The molecule has 0 saturated heterocycles. The van der Waals surface area contributed by atoms with Crippen molar-refractivity contribution in [3.8, 4) is 11.1 Å². The van der Waals surface area contributed by atoms with E-state index < -0.39 is 11.7 Å². The Morgan fingerprint density at radius 1 is 0.636 bits per heavy atom. The molecule has 0 bridgehead atoms. The summed E-state index contributed by atoms with van der Waals surface area (Å²) in [6.45, 7) is 0. The summed E-state index contributed by atoms with van der Waals surface area (Å²) in [6, 6.07) is 26.2. The number of rotatable bonds is 5. The van der Waals surface area contributed by atoms with Gasteiger partial charge in [0.15, 0.2) is 0 Å². The van der Waals surface area contributed by atoms with Gasteiger partial charge in [-0.25, -0.2) is 0 Å². The van der Waals surface area contributed by atoms with Gasteiger partial charge in [0.1, 0.15) is 6.29 Å². The Morgan fingerprint density at radius 2 is 1.09 bits per heavy atom. The summed E-state index contributed by atoms with van der Waals surface area (Å²) in [5, 5.41) is 0. The molecule has 0 radical (unpaired) electrons. The Hall–Kier alpha value is -2.90. The van der Waals surface area contributed by atoms with Crippen LogP contribution in [0, 0.1) is 0 Å². The molecule has 2 nitrogen and oxygen atoms in total. The largest absolute Gasteiger partial charge is 0.416 e. The monoisotopic (exact) mass is 573 g/mol. The normalized spacial score (nSPS) is 11.3. The Labute approximate surface area is 205 Å². The van der Waals surface area contributed by atoms with Crippen molar-refractivity contribution >= 4 is 55.2 Å². The number of alkyl halides is 3. The highest BCUT2D eigenvalue weighted by molar-refractivity contribution is 9.10. The third-order valence-corrected chi connectivity index (χ3v) is 6.10. The standard InChI is InChI=1S/C26H16Br2F3NO/c27-21-3-9-24(10-4-21)32(25-11-5-22(28)6-12-25)23-7-1-18(2-8-23)19-13-17(16-33)14-20(15-19)26(29,30)31/h1-16H. The molecule has 0 aliphatic carbocycles. The molecule has 0 aromatic heterocycles. The van der Waals surface area contributed by atoms with Gasteiger partial charge in [0.25, 0.3) is 0 Å². The molecule has 4 rings (SSSR count). The number of carbonyl (C=O) groups is 1. The van der Waals surface area contributed by atoms with Crippen molar-refractivity contribution in [1.82, 2.24) is 0 Å². The van der Waals surface area contributed by atoms with Gasteiger partial charge in [0.2, 0.25) is 0 Å². The smallest absolute Gasteiger partial charge is 0.311 e. The molecule has 166 valence electrons. The Kier molecular flexibility index (Phi) is 6.72. The van der Waals surface area contributed by atoms with Crippen LogP contribution in [0.2, 0.25) is 0 Å². The lowest BCUT2D eigenvalue weighted by atomic mass is 9.99. The molecule has 0 heterocycles. The molecular weight excluding hydrogens is 559 g/mol. The second kappa shape index (κ2) is 9.53. The molecule has 0 saturated carbocycles. The molecule has 0 atom stereocenters. The third kappa shape index (κ3) is 5.37. The zero-order valence-corrected chi connectivity index (χ0v) is 20.2. The van der Waals surface area contributed by atoms with E-state index >= 15 is 0 Å². The van der Waals surface area contributed by atoms with Crippen LogP contribution < -0.4 is 4.90 Å². The maximum Gasteiger partial charge on any atom is 0.416 e. The molecule has 0 fully saturated rings. The first-order valence-corrected chi connectivity index (χ1v) is 11.4. The summed E-state index contributed by atoms with van der Waals surface area (Å²) in [7, 11) is 0. The minimum atomic E-state index is -4.53. The minimum Gasteiger partial charge on any atom is -0.311 e. The van der Waals surface area contributed by atoms with Crippen molar-refractivity contribution in [3.05, 3.63) is 111 Å². The van der Waals surface area contributed by atoms with E-state index in [1.54, 1.807) is 12.1 Å². The van der Waals surface area contributed by atoms with Crippen molar-refractivity contribution in [1.29, 1.82) is 0 Å². The quantitative estimate of drug-likeness (QED) is 0.221. The second-order valence-electron chi connectivity index (χ2n) is 7.29. The molecule has 0 aliphatic heterocycles. The Balaban J connectivity index is 1.77. The summed E-state index contributed by atoms with van der Waals surface area (Å²) in [5.41, 5.74) is 2.74. The van der Waals surface area contributed by atoms with Gasteiger partial charge in [-0.05, 0) is 90.0 Å². The number of aldehydes is 1. The topological polar surface area (TPSA) is 20.3 Å². The summed E-state index contributed by atoms with van der Waals surface area (Å²) >= 11 is 6.91. The van der Waals surface area contributed by atoms with Crippen molar-refractivity contribution in [2.75, 3.05) is 4.90 Å². The predicted molar refractivity (Wildman–Crippen MR) is 132 cm³/mol. The fourth-order valence-corrected chi connectivity index (χ4v) is 4.01. The van der Waals surface area contributed by atoms with E-state index in [9.17, 15) is 18.0 Å². The van der Waals surface area contributed by atoms with E-state index in [0.717, 1.165) is 38.1 Å². The average molecular weight is 575 g/mol. The summed E-state index contributed by atoms with van der Waals surface area (Å²) < 4.78 is 41.7. The number of halogens is 5. The number of hydrogen-bond acceptors (Lipinski definition) is 2. The van der Waals surface area contributed by atoms with E-state index in [1.807, 2.05) is 65.6 Å². The molecule has 0 spiro atoms. The maximum atomic E-state index is 13.3. The lowest BCUT2D eigenvalue weighted by Gasteiger charge is -2.26. The number of nitrogens with zero attached hydrogens (tertiary/aromatic N) is 1. The van der Waals surface area contributed by atoms with Gasteiger partial charge in [0, 0.05) is 31.6 Å². The van der Waals surface area contributed by atoms with E-state index in [0.29, 0.717) is 17.4 Å². The van der Waals surface area contributed by atoms with Crippen molar-refractivity contribution in [3.63, 3.8) is 0 Å². The lowest BCUT2D eigenvalue weighted by molar-refractivity contribution is -0.137. The lowest BCUT2D eigenvalue weighted by Crippen LogP contribution is -2.09. The summed E-state index contributed by atoms with van der Waals surface area (Å²) in [5.74, 6) is 0. The van der Waals surface area contributed by atoms with Crippen molar-refractivity contribution in [2.24, 2.45) is 0 Å². The van der Waals surface area contributed by atoms with Gasteiger partial charge in [0.05, 0.1) is 5.56 Å². The first-order valence-electron chi connectivity index (χ1n) is 9.84. The average Bonchev–Trinajstić information content (AvgIpc) is 2.81. The van der Waals surface area contributed by atoms with Gasteiger partial charge in [-0.1, -0.05) is 44.0 Å². The van der Waals surface area contributed by atoms with Crippen LogP contribution in [0.25, 0.3) is 11.1 Å². The molecule has 0 amide bonds. The fourth-order valence-electron chi connectivity index (χ4n) is 3.48. The maximum absolute atomic E-state index is 13.3. The van der Waals surface area contributed by atoms with Crippen LogP contribution in [-0.2, 0) is 6.18 Å². The number of hydrogen-bond donors (Lipinski definition) is 0. The van der Waals surface area contributed by atoms with Crippen LogP contribution in [0.5, 0.6) is 0 Å². The molecule has 4 aromatic rings. The molecule has 4 aromatic carbocycles. The molecule has 0 aliphatic rings. The first-order chi connectivity index (χ1) is 15.7. The highest BCUT2D eigenvalue weighted by Gasteiger charge is 2.31. The second-order valence-corrected chi connectivity index (χ2v) is 9.13. The minimum absolute atomic E-state index is 0.0183. The fraction of sp³-hybridized carbons (Fsp3) is 0.0385. The van der Waals surface area contributed by atoms with Gasteiger partial charge in [-0.3, -0.25) is 4.79 Å². The van der Waals surface area contributed by atoms with E-state index in [2.05, 4.69) is 31.9 Å². The van der Waals surface area contributed by atoms with Crippen LogP contribution in [-0.4, -0.2) is 6.29 Å². The Morgan fingerprint density at radius 3 is 1.52 bits per heavy atom. The van der Waals surface area contributed by atoms with Crippen LogP contribution in [0.4, 0.5) is 30.2 Å². The van der Waals surface area contributed by atoms with Gasteiger partial charge in [-0.2, -0.15) is 13.2 Å². The van der Waals surface area contributed by atoms with E-state index in [1.165, 1.54) is 6.07 Å². The third-order valence-electron chi connectivity index (χ3n) is 5.05. The van der Waals surface area contributed by atoms with Crippen LogP contribution in [0.1, 0.15) is 15.9 Å². The molecule has 33 heavy (non-hydrogen) atoms. The SMILES string of the molecule is O=Cc1cc(-c2ccc(N(c3ccc(Br)cc3)c3ccc(Br)cc3)cc2)cc(C(F)(F)F)c1. The van der Waals surface area contributed by atoms with E-state index in [-0.39, 0.29) is 5.56 Å². The van der Waals surface area contributed by atoms with Crippen molar-refractivity contribution in [2.45, 2.75) is 6.18 Å². The molecule has 7 heteroatoms. The van der Waals surface area contributed by atoms with Crippen LogP contribution in [0.3, 0.4) is 0 Å². The summed E-state index contributed by atoms with van der Waals surface area (Å²) in [4.78, 5) is 13.2. The predicted octanol–water partition coefficient (Wildman–Crippen LogP) is 9.18. The zero-order valence-electron chi connectivity index (χ0n) is 17.0. The summed E-state index contributed by atoms with van der Waals surface area (Å²) in [6.07, 6.45) is -4.11. The molecular formula is C26H16Br2F3NO. The Bertz CT molecular complexity index is 1220. The number of carbonyl (C=O) groups excluding carboxylic acids is 1. The molecule has 0 N–H and O–H groups in total. The van der Waals surface area contributed by atoms with Gasteiger partial charge in [-0.15, -0.1) is 0 Å². The van der Waals surface area contributed by atoms with Crippen molar-refractivity contribution < 1.29 is 18.0 Å². The van der Waals surface area contributed by atoms with Gasteiger partial charge < -0.3 is 4.90 Å². The van der Waals surface area contributed by atoms with Crippen LogP contribution in [0.15, 0.2) is 99.9 Å². The number of benzene rings is 4.